The van der Waals surface area contributed by atoms with E-state index in [1.807, 2.05) is 0 Å². The molecule has 1 rings (SSSR count). The van der Waals surface area contributed by atoms with Crippen molar-refractivity contribution in [3.63, 3.8) is 0 Å². The molecule has 0 heterocycles. The molecule has 0 unspecified atom stereocenters. The number of alkyl halides is 2. The number of ether oxygens (including phenoxy) is 2. The maximum Gasteiger partial charge on any atom is 0.338 e. The standard InChI is InChI=1S/C15H18F2O4/c1-3-20-13(18)8-6-10-5-7-11(14(16)17)12(9-10)15(19)21-4-2/h5,7,9,14H,3-4,6,8H2,1-2H3. The van der Waals surface area contributed by atoms with E-state index in [4.69, 9.17) is 9.47 Å². The molecular formula is C15H18F2O4. The van der Waals surface area contributed by atoms with E-state index in [-0.39, 0.29) is 36.7 Å². The minimum atomic E-state index is -2.76. The van der Waals surface area contributed by atoms with Gasteiger partial charge in [0.1, 0.15) is 0 Å². The van der Waals surface area contributed by atoms with Crippen LogP contribution in [-0.2, 0) is 20.7 Å². The number of halogens is 2. The Labute approximate surface area is 122 Å². The predicted molar refractivity (Wildman–Crippen MR) is 72.3 cm³/mol. The molecule has 1 aromatic carbocycles. The normalized spacial score (nSPS) is 10.5. The monoisotopic (exact) mass is 300 g/mol. The van der Waals surface area contributed by atoms with Gasteiger partial charge in [-0.25, -0.2) is 13.6 Å². The molecule has 0 fully saturated rings. The van der Waals surface area contributed by atoms with Crippen molar-refractivity contribution in [1.82, 2.24) is 0 Å². The lowest BCUT2D eigenvalue weighted by Crippen LogP contribution is -2.10. The number of esters is 2. The third-order valence-electron chi connectivity index (χ3n) is 2.77. The third-order valence-corrected chi connectivity index (χ3v) is 2.77. The first-order valence-electron chi connectivity index (χ1n) is 6.73. The van der Waals surface area contributed by atoms with Gasteiger partial charge in [-0.1, -0.05) is 12.1 Å². The molecule has 0 aliphatic heterocycles. The molecule has 0 saturated carbocycles. The Kier molecular flexibility index (Phi) is 6.78. The van der Waals surface area contributed by atoms with Gasteiger partial charge in [0.2, 0.25) is 0 Å². The van der Waals surface area contributed by atoms with E-state index >= 15 is 0 Å². The minimum Gasteiger partial charge on any atom is -0.466 e. The van der Waals surface area contributed by atoms with Gasteiger partial charge in [-0.3, -0.25) is 4.79 Å². The van der Waals surface area contributed by atoms with Crippen LogP contribution in [0.1, 0.15) is 48.2 Å². The zero-order valence-electron chi connectivity index (χ0n) is 12.0. The Bertz CT molecular complexity index is 500. The smallest absolute Gasteiger partial charge is 0.338 e. The lowest BCUT2D eigenvalue weighted by Gasteiger charge is -2.10. The fourth-order valence-corrected chi connectivity index (χ4v) is 1.81. The van der Waals surface area contributed by atoms with Crippen LogP contribution in [0, 0.1) is 0 Å². The molecule has 21 heavy (non-hydrogen) atoms. The first-order valence-corrected chi connectivity index (χ1v) is 6.73. The Morgan fingerprint density at radius 2 is 1.81 bits per heavy atom. The molecule has 0 aliphatic rings. The SMILES string of the molecule is CCOC(=O)CCc1ccc(C(F)F)c(C(=O)OCC)c1. The van der Waals surface area contributed by atoms with Crippen molar-refractivity contribution in [3.05, 3.63) is 34.9 Å². The van der Waals surface area contributed by atoms with Crippen LogP contribution in [0.5, 0.6) is 0 Å². The zero-order valence-corrected chi connectivity index (χ0v) is 12.0. The van der Waals surface area contributed by atoms with E-state index < -0.39 is 12.4 Å². The number of carbonyl (C=O) groups excluding carboxylic acids is 2. The fourth-order valence-electron chi connectivity index (χ4n) is 1.81. The molecule has 4 nitrogen and oxygen atoms in total. The molecule has 0 bridgehead atoms. The Hall–Kier alpha value is -1.98. The van der Waals surface area contributed by atoms with E-state index in [0.717, 1.165) is 0 Å². The van der Waals surface area contributed by atoms with Gasteiger partial charge in [0.15, 0.2) is 0 Å². The quantitative estimate of drug-likeness (QED) is 0.725. The number of benzene rings is 1. The summed E-state index contributed by atoms with van der Waals surface area (Å²) in [6, 6.07) is 4.01. The summed E-state index contributed by atoms with van der Waals surface area (Å²) < 4.78 is 35.4. The highest BCUT2D eigenvalue weighted by Gasteiger charge is 2.20. The molecule has 6 heteroatoms. The van der Waals surface area contributed by atoms with Crippen LogP contribution in [0.2, 0.25) is 0 Å². The number of carbonyl (C=O) groups is 2. The topological polar surface area (TPSA) is 52.6 Å². The molecule has 0 aromatic heterocycles. The summed E-state index contributed by atoms with van der Waals surface area (Å²) in [5.74, 6) is -1.15. The highest BCUT2D eigenvalue weighted by Crippen LogP contribution is 2.25. The summed E-state index contributed by atoms with van der Waals surface area (Å²) in [6.07, 6.45) is -2.32. The minimum absolute atomic E-state index is 0.106. The van der Waals surface area contributed by atoms with Crippen molar-refractivity contribution >= 4 is 11.9 Å². The number of rotatable bonds is 7. The maximum atomic E-state index is 12.9. The molecule has 0 radical (unpaired) electrons. The summed E-state index contributed by atoms with van der Waals surface area (Å²) in [6.45, 7) is 3.70. The van der Waals surface area contributed by atoms with Crippen LogP contribution in [0.4, 0.5) is 8.78 Å². The number of aryl methyl sites for hydroxylation is 1. The Balaban J connectivity index is 2.90. The highest BCUT2D eigenvalue weighted by atomic mass is 19.3. The molecule has 0 N–H and O–H groups in total. The summed E-state index contributed by atoms with van der Waals surface area (Å²) in [7, 11) is 0. The van der Waals surface area contributed by atoms with E-state index in [9.17, 15) is 18.4 Å². The van der Waals surface area contributed by atoms with Crippen molar-refractivity contribution in [2.45, 2.75) is 33.1 Å². The molecule has 0 aliphatic carbocycles. The van der Waals surface area contributed by atoms with Gasteiger partial charge in [0, 0.05) is 12.0 Å². The van der Waals surface area contributed by atoms with Gasteiger partial charge in [0.05, 0.1) is 18.8 Å². The largest absolute Gasteiger partial charge is 0.466 e. The van der Waals surface area contributed by atoms with Crippen LogP contribution in [0.3, 0.4) is 0 Å². The number of hydrogen-bond acceptors (Lipinski definition) is 4. The van der Waals surface area contributed by atoms with Gasteiger partial charge >= 0.3 is 11.9 Å². The third kappa shape index (κ3) is 5.13. The molecule has 0 amide bonds. The van der Waals surface area contributed by atoms with Crippen LogP contribution >= 0.6 is 0 Å². The van der Waals surface area contributed by atoms with Crippen LogP contribution in [0.25, 0.3) is 0 Å². The zero-order chi connectivity index (χ0) is 15.8. The predicted octanol–water partition coefficient (Wildman–Crippen LogP) is 3.30. The molecule has 116 valence electrons. The van der Waals surface area contributed by atoms with Crippen LogP contribution in [0.15, 0.2) is 18.2 Å². The van der Waals surface area contributed by atoms with E-state index in [2.05, 4.69) is 0 Å². The van der Waals surface area contributed by atoms with Gasteiger partial charge in [-0.15, -0.1) is 0 Å². The highest BCUT2D eigenvalue weighted by molar-refractivity contribution is 5.91. The van der Waals surface area contributed by atoms with Crippen LogP contribution in [-0.4, -0.2) is 25.2 Å². The second-order valence-electron chi connectivity index (χ2n) is 4.25. The van der Waals surface area contributed by atoms with Gasteiger partial charge in [-0.2, -0.15) is 0 Å². The number of hydrogen-bond donors (Lipinski definition) is 0. The van der Waals surface area contributed by atoms with Crippen molar-refractivity contribution in [2.24, 2.45) is 0 Å². The maximum absolute atomic E-state index is 12.9. The average Bonchev–Trinajstić information content (AvgIpc) is 2.45. The average molecular weight is 300 g/mol. The molecular weight excluding hydrogens is 282 g/mol. The van der Waals surface area contributed by atoms with E-state index in [1.54, 1.807) is 13.8 Å². The van der Waals surface area contributed by atoms with E-state index in [0.29, 0.717) is 12.0 Å². The fraction of sp³-hybridized carbons (Fsp3) is 0.467. The van der Waals surface area contributed by atoms with Crippen LogP contribution < -0.4 is 0 Å². The lowest BCUT2D eigenvalue weighted by molar-refractivity contribution is -0.143. The van der Waals surface area contributed by atoms with Gasteiger partial charge in [0.25, 0.3) is 6.43 Å². The first kappa shape index (κ1) is 17.1. The summed E-state index contributed by atoms with van der Waals surface area (Å²) in [4.78, 5) is 23.0. The van der Waals surface area contributed by atoms with Crippen molar-refractivity contribution in [3.8, 4) is 0 Å². The second-order valence-corrected chi connectivity index (χ2v) is 4.25. The summed E-state index contributed by atoms with van der Waals surface area (Å²) in [5, 5.41) is 0. The Morgan fingerprint density at radius 3 is 2.38 bits per heavy atom. The molecule has 0 saturated heterocycles. The van der Waals surface area contributed by atoms with Gasteiger partial charge < -0.3 is 9.47 Å². The van der Waals surface area contributed by atoms with Gasteiger partial charge in [-0.05, 0) is 31.9 Å². The molecule has 1 aromatic rings. The summed E-state index contributed by atoms with van der Waals surface area (Å²) >= 11 is 0. The van der Waals surface area contributed by atoms with Crippen molar-refractivity contribution < 1.29 is 27.8 Å². The lowest BCUT2D eigenvalue weighted by atomic mass is 10.0. The van der Waals surface area contributed by atoms with Crippen molar-refractivity contribution in [1.29, 1.82) is 0 Å². The Morgan fingerprint density at radius 1 is 1.14 bits per heavy atom. The second kappa shape index (κ2) is 8.34. The van der Waals surface area contributed by atoms with E-state index in [1.165, 1.54) is 18.2 Å². The molecule has 0 spiro atoms. The molecule has 0 atom stereocenters. The summed E-state index contributed by atoms with van der Waals surface area (Å²) in [5.41, 5.74) is 0.0806. The van der Waals surface area contributed by atoms with Crippen molar-refractivity contribution in [2.75, 3.05) is 13.2 Å². The first-order chi connectivity index (χ1) is 9.99.